The number of anilines is 1. The van der Waals surface area contributed by atoms with E-state index >= 15 is 0 Å². The highest BCUT2D eigenvalue weighted by Gasteiger charge is 2.16. The minimum Gasteiger partial charge on any atom is -0.355 e. The molecule has 2 aromatic rings. The first-order valence-electron chi connectivity index (χ1n) is 4.98. The van der Waals surface area contributed by atoms with E-state index in [1.165, 1.54) is 12.8 Å². The fourth-order valence-corrected chi connectivity index (χ4v) is 2.02. The van der Waals surface area contributed by atoms with Crippen LogP contribution in [0.25, 0.3) is 5.52 Å². The van der Waals surface area contributed by atoms with Gasteiger partial charge < -0.3 is 4.90 Å². The first kappa shape index (κ1) is 7.79. The zero-order chi connectivity index (χ0) is 9.38. The van der Waals surface area contributed by atoms with Crippen LogP contribution in [0.5, 0.6) is 0 Å². The molecule has 2 aromatic heterocycles. The van der Waals surface area contributed by atoms with Gasteiger partial charge in [-0.25, -0.2) is 9.50 Å². The summed E-state index contributed by atoms with van der Waals surface area (Å²) in [7, 11) is 0. The smallest absolute Gasteiger partial charge is 0.154 e. The van der Waals surface area contributed by atoms with Crippen LogP contribution in [0, 0.1) is 0 Å². The fourth-order valence-electron chi connectivity index (χ4n) is 2.02. The van der Waals surface area contributed by atoms with Gasteiger partial charge >= 0.3 is 0 Å². The molecule has 0 radical (unpaired) electrons. The lowest BCUT2D eigenvalue weighted by atomic mass is 10.4. The molecular formula is C10H12N4. The van der Waals surface area contributed by atoms with E-state index in [4.69, 9.17) is 0 Å². The second-order valence-electron chi connectivity index (χ2n) is 3.61. The highest BCUT2D eigenvalue weighted by molar-refractivity contribution is 5.68. The van der Waals surface area contributed by atoms with Crippen molar-refractivity contribution >= 4 is 11.3 Å². The maximum absolute atomic E-state index is 4.43. The first-order valence-corrected chi connectivity index (χ1v) is 4.98. The molecule has 1 saturated heterocycles. The molecule has 4 nitrogen and oxygen atoms in total. The number of hydrogen-bond acceptors (Lipinski definition) is 3. The summed E-state index contributed by atoms with van der Waals surface area (Å²) in [4.78, 5) is 6.76. The van der Waals surface area contributed by atoms with E-state index in [1.54, 1.807) is 0 Å². The predicted molar refractivity (Wildman–Crippen MR) is 54.4 cm³/mol. The van der Waals surface area contributed by atoms with Crippen LogP contribution in [0.4, 0.5) is 5.82 Å². The number of hydrogen-bond donors (Lipinski definition) is 0. The number of fused-ring (bicyclic) bond motifs is 1. The zero-order valence-corrected chi connectivity index (χ0v) is 7.93. The van der Waals surface area contributed by atoms with E-state index in [1.807, 2.05) is 29.2 Å². The summed E-state index contributed by atoms with van der Waals surface area (Å²) in [6.45, 7) is 2.25. The van der Waals surface area contributed by atoms with Crippen LogP contribution in [0.3, 0.4) is 0 Å². The maximum Gasteiger partial charge on any atom is 0.154 e. The lowest BCUT2D eigenvalue weighted by Crippen LogP contribution is -2.19. The Hall–Kier alpha value is -1.58. The number of aromatic nitrogens is 3. The molecule has 0 aromatic carbocycles. The Bertz CT molecular complexity index is 442. The molecule has 0 saturated carbocycles. The van der Waals surface area contributed by atoms with Crippen LogP contribution in [0.15, 0.2) is 24.7 Å². The molecule has 3 heterocycles. The van der Waals surface area contributed by atoms with Gasteiger partial charge in [0, 0.05) is 25.5 Å². The third-order valence-corrected chi connectivity index (χ3v) is 2.71. The van der Waals surface area contributed by atoms with Gasteiger partial charge in [-0.2, -0.15) is 5.10 Å². The van der Waals surface area contributed by atoms with Gasteiger partial charge in [-0.1, -0.05) is 0 Å². The molecular weight excluding hydrogens is 176 g/mol. The van der Waals surface area contributed by atoms with Gasteiger partial charge in [-0.15, -0.1) is 0 Å². The molecule has 0 unspecified atom stereocenters. The lowest BCUT2D eigenvalue weighted by molar-refractivity contribution is 0.899. The van der Waals surface area contributed by atoms with Crippen molar-refractivity contribution in [2.45, 2.75) is 12.8 Å². The highest BCUT2D eigenvalue weighted by Crippen LogP contribution is 2.21. The molecule has 14 heavy (non-hydrogen) atoms. The average Bonchev–Trinajstić information content (AvgIpc) is 2.88. The molecule has 72 valence electrons. The minimum atomic E-state index is 1.07. The van der Waals surface area contributed by atoms with Gasteiger partial charge in [-0.3, -0.25) is 0 Å². The molecule has 1 aliphatic heterocycles. The Kier molecular flexibility index (Phi) is 1.65. The Labute approximate surface area is 82.2 Å². The minimum absolute atomic E-state index is 1.07. The molecule has 4 heteroatoms. The Balaban J connectivity index is 2.14. The summed E-state index contributed by atoms with van der Waals surface area (Å²) in [5.74, 6) is 1.07. The largest absolute Gasteiger partial charge is 0.355 e. The van der Waals surface area contributed by atoms with E-state index < -0.39 is 0 Å². The highest BCUT2D eigenvalue weighted by atomic mass is 15.3. The van der Waals surface area contributed by atoms with Gasteiger partial charge in [0.05, 0.1) is 6.20 Å². The normalized spacial score (nSPS) is 16.7. The van der Waals surface area contributed by atoms with Crippen LogP contribution >= 0.6 is 0 Å². The van der Waals surface area contributed by atoms with E-state index in [0.717, 1.165) is 24.4 Å². The third-order valence-electron chi connectivity index (χ3n) is 2.71. The number of nitrogens with zero attached hydrogens (tertiary/aromatic N) is 4. The summed E-state index contributed by atoms with van der Waals surface area (Å²) < 4.78 is 1.88. The Morgan fingerprint density at radius 3 is 2.86 bits per heavy atom. The first-order chi connectivity index (χ1) is 6.95. The van der Waals surface area contributed by atoms with Gasteiger partial charge in [0.25, 0.3) is 0 Å². The average molecular weight is 188 g/mol. The summed E-state index contributed by atoms with van der Waals surface area (Å²) >= 11 is 0. The standard InChI is InChI=1S/C10H12N4/c1-2-7-13(6-1)10-9-3-4-12-14(9)8-5-11-10/h3-5,8H,1-2,6-7H2. The van der Waals surface area contributed by atoms with E-state index in [9.17, 15) is 0 Å². The SMILES string of the molecule is c1cn2nccc2c(N2CCCC2)n1. The van der Waals surface area contributed by atoms with Crippen molar-refractivity contribution in [3.05, 3.63) is 24.7 Å². The zero-order valence-electron chi connectivity index (χ0n) is 7.93. The second kappa shape index (κ2) is 2.97. The van der Waals surface area contributed by atoms with Gasteiger partial charge in [-0.05, 0) is 18.9 Å². The number of rotatable bonds is 1. The summed E-state index contributed by atoms with van der Waals surface area (Å²) in [5, 5.41) is 4.20. The van der Waals surface area contributed by atoms with Gasteiger partial charge in [0.15, 0.2) is 5.82 Å². The van der Waals surface area contributed by atoms with Crippen molar-refractivity contribution in [3.63, 3.8) is 0 Å². The lowest BCUT2D eigenvalue weighted by Gasteiger charge is -2.16. The van der Waals surface area contributed by atoms with Gasteiger partial charge in [0.1, 0.15) is 5.52 Å². The fraction of sp³-hybridized carbons (Fsp3) is 0.400. The molecule has 0 bridgehead atoms. The van der Waals surface area contributed by atoms with Crippen molar-refractivity contribution in [2.24, 2.45) is 0 Å². The summed E-state index contributed by atoms with van der Waals surface area (Å²) in [6, 6.07) is 2.01. The molecule has 1 aliphatic rings. The molecule has 3 rings (SSSR count). The van der Waals surface area contributed by atoms with Crippen LogP contribution in [0.2, 0.25) is 0 Å². The molecule has 0 atom stereocenters. The van der Waals surface area contributed by atoms with Crippen LogP contribution < -0.4 is 4.90 Å². The van der Waals surface area contributed by atoms with E-state index in [-0.39, 0.29) is 0 Å². The molecule has 0 aliphatic carbocycles. The second-order valence-corrected chi connectivity index (χ2v) is 3.61. The molecule has 0 amide bonds. The monoisotopic (exact) mass is 188 g/mol. The van der Waals surface area contributed by atoms with Crippen LogP contribution in [-0.2, 0) is 0 Å². The Morgan fingerprint density at radius 1 is 1.14 bits per heavy atom. The van der Waals surface area contributed by atoms with Crippen LogP contribution in [-0.4, -0.2) is 27.7 Å². The molecule has 0 spiro atoms. The van der Waals surface area contributed by atoms with Crippen molar-refractivity contribution < 1.29 is 0 Å². The van der Waals surface area contributed by atoms with Crippen molar-refractivity contribution in [1.29, 1.82) is 0 Å². The predicted octanol–water partition coefficient (Wildman–Crippen LogP) is 1.33. The van der Waals surface area contributed by atoms with Crippen molar-refractivity contribution in [2.75, 3.05) is 18.0 Å². The quantitative estimate of drug-likeness (QED) is 0.677. The topological polar surface area (TPSA) is 33.4 Å². The summed E-state index contributed by atoms with van der Waals surface area (Å²) in [5.41, 5.74) is 1.11. The van der Waals surface area contributed by atoms with E-state index in [2.05, 4.69) is 15.0 Å². The van der Waals surface area contributed by atoms with Crippen molar-refractivity contribution in [3.8, 4) is 0 Å². The molecule has 0 N–H and O–H groups in total. The van der Waals surface area contributed by atoms with E-state index in [0.29, 0.717) is 0 Å². The summed E-state index contributed by atoms with van der Waals surface area (Å²) in [6.07, 6.45) is 8.06. The maximum atomic E-state index is 4.43. The molecule has 1 fully saturated rings. The van der Waals surface area contributed by atoms with Crippen molar-refractivity contribution in [1.82, 2.24) is 14.6 Å². The Morgan fingerprint density at radius 2 is 2.00 bits per heavy atom. The third kappa shape index (κ3) is 1.07. The van der Waals surface area contributed by atoms with Gasteiger partial charge in [0.2, 0.25) is 0 Å². The van der Waals surface area contributed by atoms with Crippen LogP contribution in [0.1, 0.15) is 12.8 Å².